The summed E-state index contributed by atoms with van der Waals surface area (Å²) < 4.78 is 1.61. The van der Waals surface area contributed by atoms with Crippen LogP contribution >= 0.6 is 0 Å². The molecule has 6 nitrogen and oxygen atoms in total. The molecule has 0 radical (unpaired) electrons. The van der Waals surface area contributed by atoms with Crippen LogP contribution < -0.4 is 5.32 Å². The van der Waals surface area contributed by atoms with E-state index in [1.54, 1.807) is 29.2 Å². The van der Waals surface area contributed by atoms with Crippen LogP contribution in [0.5, 0.6) is 0 Å². The zero-order valence-electron chi connectivity index (χ0n) is 15.6. The van der Waals surface area contributed by atoms with Gasteiger partial charge in [-0.3, -0.25) is 9.69 Å². The Labute approximate surface area is 159 Å². The van der Waals surface area contributed by atoms with Gasteiger partial charge >= 0.3 is 0 Å². The molecule has 2 aromatic heterocycles. The molecule has 4 rings (SSSR count). The standard InChI is InChI=1S/C21H25N5O/c1-16-6-4-5-11-25(16)14-18-8-3-2-7-17(18)12-23-21(27)19-13-22-20-9-10-24-26(20)15-19/h2-3,7-10,13,15-16H,4-6,11-12,14H2,1H3,(H,23,27). The van der Waals surface area contributed by atoms with Gasteiger partial charge in [-0.05, 0) is 37.4 Å². The van der Waals surface area contributed by atoms with E-state index in [1.807, 2.05) is 6.07 Å². The van der Waals surface area contributed by atoms with E-state index in [4.69, 9.17) is 0 Å². The molecule has 3 heterocycles. The fraction of sp³-hybridized carbons (Fsp3) is 0.381. The molecule has 1 aromatic carbocycles. The largest absolute Gasteiger partial charge is 0.348 e. The quantitative estimate of drug-likeness (QED) is 0.757. The van der Waals surface area contributed by atoms with Gasteiger partial charge in [0.1, 0.15) is 0 Å². The Hall–Kier alpha value is -2.73. The monoisotopic (exact) mass is 363 g/mol. The van der Waals surface area contributed by atoms with Gasteiger partial charge in [0, 0.05) is 37.6 Å². The van der Waals surface area contributed by atoms with Gasteiger partial charge in [-0.1, -0.05) is 30.7 Å². The van der Waals surface area contributed by atoms with Crippen LogP contribution in [-0.2, 0) is 13.1 Å². The lowest BCUT2D eigenvalue weighted by molar-refractivity contribution is 0.0949. The van der Waals surface area contributed by atoms with Gasteiger partial charge in [0.05, 0.1) is 11.8 Å². The summed E-state index contributed by atoms with van der Waals surface area (Å²) in [6.07, 6.45) is 8.83. The first kappa shape index (κ1) is 17.7. The molecule has 140 valence electrons. The number of piperidine rings is 1. The summed E-state index contributed by atoms with van der Waals surface area (Å²) in [5, 5.41) is 7.16. The van der Waals surface area contributed by atoms with Crippen LogP contribution in [0.4, 0.5) is 0 Å². The van der Waals surface area contributed by atoms with Crippen LogP contribution in [0, 0.1) is 0 Å². The Morgan fingerprint density at radius 2 is 2.07 bits per heavy atom. The lowest BCUT2D eigenvalue weighted by atomic mass is 10.0. The van der Waals surface area contributed by atoms with Crippen LogP contribution in [0.3, 0.4) is 0 Å². The third kappa shape index (κ3) is 4.01. The lowest BCUT2D eigenvalue weighted by Crippen LogP contribution is -2.37. The normalized spacial score (nSPS) is 17.9. The van der Waals surface area contributed by atoms with E-state index in [2.05, 4.69) is 45.4 Å². The van der Waals surface area contributed by atoms with Crippen LogP contribution in [0.15, 0.2) is 48.9 Å². The summed E-state index contributed by atoms with van der Waals surface area (Å²) in [5.74, 6) is -0.138. The van der Waals surface area contributed by atoms with Crippen molar-refractivity contribution in [1.82, 2.24) is 24.8 Å². The molecular formula is C21H25N5O. The van der Waals surface area contributed by atoms with Gasteiger partial charge in [-0.15, -0.1) is 0 Å². The number of hydrogen-bond acceptors (Lipinski definition) is 4. The van der Waals surface area contributed by atoms with Crippen LogP contribution in [0.1, 0.15) is 47.7 Å². The van der Waals surface area contributed by atoms with Crippen molar-refractivity contribution in [2.24, 2.45) is 0 Å². The van der Waals surface area contributed by atoms with Crippen LogP contribution in [-0.4, -0.2) is 38.0 Å². The minimum absolute atomic E-state index is 0.138. The van der Waals surface area contributed by atoms with Crippen LogP contribution in [0.2, 0.25) is 0 Å². The molecule has 1 fully saturated rings. The lowest BCUT2D eigenvalue weighted by Gasteiger charge is -2.33. The zero-order valence-corrected chi connectivity index (χ0v) is 15.6. The molecule has 1 aliphatic heterocycles. The van der Waals surface area contributed by atoms with Crippen molar-refractivity contribution in [3.8, 4) is 0 Å². The molecule has 0 spiro atoms. The Balaban J connectivity index is 1.43. The summed E-state index contributed by atoms with van der Waals surface area (Å²) in [4.78, 5) is 19.3. The highest BCUT2D eigenvalue weighted by Gasteiger charge is 2.19. The van der Waals surface area contributed by atoms with E-state index in [9.17, 15) is 4.79 Å². The second-order valence-electron chi connectivity index (χ2n) is 7.24. The number of carbonyl (C=O) groups excluding carboxylic acids is 1. The highest BCUT2D eigenvalue weighted by atomic mass is 16.1. The number of amides is 1. The molecule has 1 unspecified atom stereocenters. The van der Waals surface area contributed by atoms with Crippen molar-refractivity contribution in [3.05, 3.63) is 65.6 Å². The number of rotatable bonds is 5. The van der Waals surface area contributed by atoms with E-state index in [0.29, 0.717) is 18.2 Å². The van der Waals surface area contributed by atoms with Crippen molar-refractivity contribution in [2.75, 3.05) is 6.54 Å². The summed E-state index contributed by atoms with van der Waals surface area (Å²) in [6.45, 7) is 4.90. The molecule has 1 saturated heterocycles. The smallest absolute Gasteiger partial charge is 0.254 e. The van der Waals surface area contributed by atoms with E-state index in [1.165, 1.54) is 24.8 Å². The van der Waals surface area contributed by atoms with Crippen molar-refractivity contribution in [3.63, 3.8) is 0 Å². The first-order valence-corrected chi connectivity index (χ1v) is 9.59. The highest BCUT2D eigenvalue weighted by molar-refractivity contribution is 5.93. The van der Waals surface area contributed by atoms with Crippen molar-refractivity contribution >= 4 is 11.6 Å². The second-order valence-corrected chi connectivity index (χ2v) is 7.24. The molecule has 1 amide bonds. The predicted molar refractivity (Wildman–Crippen MR) is 104 cm³/mol. The third-order valence-corrected chi connectivity index (χ3v) is 5.38. The molecule has 0 saturated carbocycles. The Kier molecular flexibility index (Phi) is 5.16. The molecule has 27 heavy (non-hydrogen) atoms. The van der Waals surface area contributed by atoms with Gasteiger partial charge in [0.15, 0.2) is 5.65 Å². The minimum atomic E-state index is -0.138. The van der Waals surface area contributed by atoms with Gasteiger partial charge in [-0.2, -0.15) is 5.10 Å². The average molecular weight is 363 g/mol. The fourth-order valence-electron chi connectivity index (χ4n) is 3.70. The summed E-state index contributed by atoms with van der Waals surface area (Å²) >= 11 is 0. The maximum atomic E-state index is 12.5. The maximum Gasteiger partial charge on any atom is 0.254 e. The van der Waals surface area contributed by atoms with Gasteiger partial charge in [-0.25, -0.2) is 9.50 Å². The summed E-state index contributed by atoms with van der Waals surface area (Å²) in [7, 11) is 0. The number of likely N-dealkylation sites (tertiary alicyclic amines) is 1. The molecule has 6 heteroatoms. The fourth-order valence-corrected chi connectivity index (χ4v) is 3.70. The van der Waals surface area contributed by atoms with Crippen molar-refractivity contribution in [2.45, 2.75) is 45.3 Å². The number of hydrogen-bond donors (Lipinski definition) is 1. The topological polar surface area (TPSA) is 62.5 Å². The number of benzene rings is 1. The second kappa shape index (κ2) is 7.88. The Morgan fingerprint density at radius 1 is 1.22 bits per heavy atom. The molecule has 3 aromatic rings. The predicted octanol–water partition coefficient (Wildman–Crippen LogP) is 3.03. The van der Waals surface area contributed by atoms with Gasteiger partial charge in [0.25, 0.3) is 5.91 Å². The first-order valence-electron chi connectivity index (χ1n) is 9.59. The van der Waals surface area contributed by atoms with E-state index >= 15 is 0 Å². The number of nitrogens with zero attached hydrogens (tertiary/aromatic N) is 4. The maximum absolute atomic E-state index is 12.5. The van der Waals surface area contributed by atoms with E-state index < -0.39 is 0 Å². The molecular weight excluding hydrogens is 338 g/mol. The minimum Gasteiger partial charge on any atom is -0.348 e. The first-order chi connectivity index (χ1) is 13.2. The number of nitrogens with one attached hydrogen (secondary N) is 1. The average Bonchev–Trinajstić information content (AvgIpc) is 3.16. The number of carbonyl (C=O) groups is 1. The molecule has 1 atom stereocenters. The van der Waals surface area contributed by atoms with E-state index in [0.717, 1.165) is 24.3 Å². The SMILES string of the molecule is CC1CCCCN1Cc1ccccc1CNC(=O)c1cnc2ccnn2c1. The zero-order chi connectivity index (χ0) is 18.6. The molecule has 1 aliphatic rings. The molecule has 0 aliphatic carbocycles. The van der Waals surface area contributed by atoms with E-state index in [-0.39, 0.29) is 5.91 Å². The molecule has 1 N–H and O–H groups in total. The summed E-state index contributed by atoms with van der Waals surface area (Å²) in [5.41, 5.74) is 3.69. The summed E-state index contributed by atoms with van der Waals surface area (Å²) in [6, 6.07) is 10.8. The number of fused-ring (bicyclic) bond motifs is 1. The number of aromatic nitrogens is 3. The Bertz CT molecular complexity index is 935. The highest BCUT2D eigenvalue weighted by Crippen LogP contribution is 2.20. The van der Waals surface area contributed by atoms with Crippen LogP contribution in [0.25, 0.3) is 5.65 Å². The van der Waals surface area contributed by atoms with Gasteiger partial charge in [0.2, 0.25) is 0 Å². The van der Waals surface area contributed by atoms with Crippen molar-refractivity contribution < 1.29 is 4.79 Å². The molecule has 0 bridgehead atoms. The van der Waals surface area contributed by atoms with Crippen molar-refractivity contribution in [1.29, 1.82) is 0 Å². The Morgan fingerprint density at radius 3 is 2.93 bits per heavy atom. The third-order valence-electron chi connectivity index (χ3n) is 5.38. The van der Waals surface area contributed by atoms with Gasteiger partial charge < -0.3 is 5.32 Å².